The van der Waals surface area contributed by atoms with E-state index < -0.39 is 72.1 Å². The first-order chi connectivity index (χ1) is 29.9. The van der Waals surface area contributed by atoms with Gasteiger partial charge in [0.05, 0.1) is 53.1 Å². The van der Waals surface area contributed by atoms with Crippen molar-refractivity contribution in [1.29, 1.82) is 5.26 Å². The van der Waals surface area contributed by atoms with Crippen molar-refractivity contribution in [3.63, 3.8) is 0 Å². The molecule has 0 N–H and O–H groups in total. The Labute approximate surface area is 313 Å². The molecule has 6 nitrogen and oxygen atoms in total. The molecule has 0 aliphatic carbocycles. The van der Waals surface area contributed by atoms with Gasteiger partial charge in [-0.2, -0.15) is 5.26 Å². The van der Waals surface area contributed by atoms with E-state index in [2.05, 4.69) is 39.9 Å². The lowest BCUT2D eigenvalue weighted by atomic mass is 10.1. The van der Waals surface area contributed by atoms with Gasteiger partial charge in [0.1, 0.15) is 0 Å². The molecule has 242 valence electrons. The predicted molar refractivity (Wildman–Crippen MR) is 210 cm³/mol. The Morgan fingerprint density at radius 1 is 0.481 bits per heavy atom. The third-order valence-electron chi connectivity index (χ3n) is 9.17. The summed E-state index contributed by atoms with van der Waals surface area (Å²) in [5.41, 5.74) is 4.66. The van der Waals surface area contributed by atoms with Crippen LogP contribution in [0.5, 0.6) is 0 Å². The van der Waals surface area contributed by atoms with Crippen LogP contribution in [0.25, 0.3) is 89.2 Å². The molecule has 0 radical (unpaired) electrons. The maximum absolute atomic E-state index is 10.3. The van der Waals surface area contributed by atoms with Gasteiger partial charge in [0.25, 0.3) is 0 Å². The molecule has 0 saturated heterocycles. The van der Waals surface area contributed by atoms with E-state index in [0.717, 1.165) is 49.3 Å². The monoisotopic (exact) mass is 674 g/mol. The smallest absolute Gasteiger partial charge is 0.166 e. The minimum Gasteiger partial charge on any atom is -0.309 e. The molecule has 0 bridgehead atoms. The van der Waals surface area contributed by atoms with Crippen LogP contribution in [0.4, 0.5) is 0 Å². The van der Waals surface area contributed by atoms with E-state index in [1.165, 1.54) is 0 Å². The Balaban J connectivity index is 1.34. The van der Waals surface area contributed by atoms with E-state index in [1.54, 1.807) is 18.2 Å². The van der Waals surface area contributed by atoms with Gasteiger partial charge in [-0.15, -0.1) is 0 Å². The second kappa shape index (κ2) is 11.9. The Kier molecular flexibility index (Phi) is 4.81. The zero-order valence-corrected chi connectivity index (χ0v) is 27.1. The van der Waals surface area contributed by atoms with Crippen molar-refractivity contribution in [3.8, 4) is 51.6 Å². The van der Waals surface area contributed by atoms with Crippen LogP contribution < -0.4 is 0 Å². The number of nitrogens with zero attached hydrogens (tertiary/aromatic N) is 6. The molecule has 10 aromatic rings. The zero-order chi connectivity index (χ0) is 43.3. The highest BCUT2D eigenvalue weighted by Gasteiger charge is 2.22. The van der Waals surface area contributed by atoms with E-state index in [-0.39, 0.29) is 28.1 Å². The molecule has 0 saturated carbocycles. The van der Waals surface area contributed by atoms with Gasteiger partial charge in [-0.25, -0.2) is 15.0 Å². The Hall–Kier alpha value is -7.36. The topological polar surface area (TPSA) is 72.3 Å². The van der Waals surface area contributed by atoms with Gasteiger partial charge in [0.2, 0.25) is 0 Å². The number of para-hydroxylation sites is 3. The molecule has 0 aliphatic rings. The summed E-state index contributed by atoms with van der Waals surface area (Å²) >= 11 is 0. The van der Waals surface area contributed by atoms with Crippen LogP contribution in [0.3, 0.4) is 0 Å². The number of aromatic nitrogens is 5. The summed E-state index contributed by atoms with van der Waals surface area (Å²) < 4.78 is 89.5. The number of hydrogen-bond donors (Lipinski definition) is 0. The lowest BCUT2D eigenvalue weighted by molar-refractivity contribution is 1.06. The van der Waals surface area contributed by atoms with Crippen LogP contribution in [0.2, 0.25) is 0 Å². The summed E-state index contributed by atoms with van der Waals surface area (Å²) in [5, 5.41) is 14.2. The molecule has 3 aromatic heterocycles. The molecule has 0 atom stereocenters. The molecule has 0 aliphatic heterocycles. The summed E-state index contributed by atoms with van der Waals surface area (Å²) in [4.78, 5) is 13.9. The van der Waals surface area contributed by atoms with E-state index in [4.69, 9.17) is 23.7 Å². The summed E-state index contributed by atoms with van der Waals surface area (Å²) in [6, 6.07) is 31.1. The van der Waals surface area contributed by atoms with Crippen molar-refractivity contribution in [2.45, 2.75) is 0 Å². The van der Waals surface area contributed by atoms with Gasteiger partial charge >= 0.3 is 0 Å². The first-order valence-electron chi connectivity index (χ1n) is 21.4. The van der Waals surface area contributed by atoms with Crippen LogP contribution in [0.1, 0.15) is 19.3 Å². The van der Waals surface area contributed by atoms with Crippen LogP contribution in [0, 0.1) is 11.3 Å². The van der Waals surface area contributed by atoms with Gasteiger partial charge in [0, 0.05) is 43.9 Å². The summed E-state index contributed by atoms with van der Waals surface area (Å²) in [5.74, 6) is -0.960. The number of hydrogen-bond acceptors (Lipinski definition) is 4. The average molecular weight is 675 g/mol. The second-order valence-electron chi connectivity index (χ2n) is 12.1. The predicted octanol–water partition coefficient (Wildman–Crippen LogP) is 10.9. The Morgan fingerprint density at radius 3 is 1.63 bits per heavy atom. The molecule has 7 aromatic carbocycles. The molecular formula is C46H28N6. The van der Waals surface area contributed by atoms with Crippen molar-refractivity contribution < 1.29 is 13.7 Å². The molecule has 0 spiro atoms. The van der Waals surface area contributed by atoms with Crippen LogP contribution in [-0.2, 0) is 0 Å². The molecule has 52 heavy (non-hydrogen) atoms. The summed E-state index contributed by atoms with van der Waals surface area (Å²) in [6.45, 7) is 0. The van der Waals surface area contributed by atoms with Crippen molar-refractivity contribution in [2.24, 2.45) is 0 Å². The van der Waals surface area contributed by atoms with E-state index in [9.17, 15) is 5.26 Å². The maximum atomic E-state index is 10.3. The lowest BCUT2D eigenvalue weighted by Gasteiger charge is -2.15. The Morgan fingerprint density at radius 2 is 1.02 bits per heavy atom. The van der Waals surface area contributed by atoms with Gasteiger partial charge in [-0.3, -0.25) is 0 Å². The molecule has 3 heterocycles. The van der Waals surface area contributed by atoms with E-state index in [0.29, 0.717) is 5.69 Å². The third-order valence-corrected chi connectivity index (χ3v) is 9.17. The molecule has 10 rings (SSSR count). The number of nitriles is 1. The first kappa shape index (κ1) is 21.0. The first-order valence-corrected chi connectivity index (χ1v) is 16.4. The minimum atomic E-state index is -0.649. The summed E-state index contributed by atoms with van der Waals surface area (Å²) in [6.07, 6.45) is 0. The van der Waals surface area contributed by atoms with Gasteiger partial charge in [-0.1, -0.05) is 115 Å². The highest BCUT2D eigenvalue weighted by molar-refractivity contribution is 6.19. The molecule has 0 fully saturated rings. The minimum absolute atomic E-state index is 0.152. The third kappa shape index (κ3) is 4.68. The SMILES string of the molecule is [2H]c1c([2H])c([2H])c(-c2nc(-c3cc(C#N)ccc3-n3c4ccccc4c4cc5c6ccccc6n(-c6ccccc6)c5cc43)nc(-c3c([2H])c([2H])c([2H])c([2H])c3[2H])n2)c([2H])c1[2H]. The molecule has 0 amide bonds. The largest absolute Gasteiger partial charge is 0.309 e. The fourth-order valence-corrected chi connectivity index (χ4v) is 6.97. The van der Waals surface area contributed by atoms with E-state index >= 15 is 0 Å². The van der Waals surface area contributed by atoms with Crippen molar-refractivity contribution >= 4 is 43.6 Å². The highest BCUT2D eigenvalue weighted by Crippen LogP contribution is 2.41. The standard InChI is InChI=1S/C46H28N6/c47-29-30-24-25-41(38(26-30)46-49-44(31-14-4-1-5-15-31)48-45(50-46)32-16-6-2-7-17-32)52-40-23-13-11-21-35(40)37-27-36-34-20-10-12-22-39(34)51(42(36)28-43(37)52)33-18-8-3-9-19-33/h1-28H/i1D,2D,4D,5D,6D,7D,14D,15D,16D,17D. The maximum Gasteiger partial charge on any atom is 0.166 e. The van der Waals surface area contributed by atoms with Crippen molar-refractivity contribution in [2.75, 3.05) is 0 Å². The average Bonchev–Trinajstić information content (AvgIpc) is 3.80. The van der Waals surface area contributed by atoms with Crippen LogP contribution in [-0.4, -0.2) is 24.1 Å². The highest BCUT2D eigenvalue weighted by atomic mass is 15.1. The fourth-order valence-electron chi connectivity index (χ4n) is 6.97. The van der Waals surface area contributed by atoms with Gasteiger partial charge in [0.15, 0.2) is 17.5 Å². The number of rotatable bonds is 5. The van der Waals surface area contributed by atoms with Crippen molar-refractivity contribution in [3.05, 3.63) is 175 Å². The quantitative estimate of drug-likeness (QED) is 0.182. The molecule has 0 unspecified atom stereocenters. The van der Waals surface area contributed by atoms with Crippen LogP contribution in [0.15, 0.2) is 170 Å². The molecule has 6 heteroatoms. The van der Waals surface area contributed by atoms with Gasteiger partial charge in [-0.05, 0) is 54.6 Å². The fraction of sp³-hybridized carbons (Fsp3) is 0. The Bertz CT molecular complexity index is 3470. The number of benzene rings is 7. The molecular weight excluding hydrogens is 637 g/mol. The number of fused-ring (bicyclic) bond motifs is 6. The van der Waals surface area contributed by atoms with Crippen LogP contribution >= 0.6 is 0 Å². The lowest BCUT2D eigenvalue weighted by Crippen LogP contribution is -2.04. The normalized spacial score (nSPS) is 14.1. The summed E-state index contributed by atoms with van der Waals surface area (Å²) in [7, 11) is 0. The van der Waals surface area contributed by atoms with Crippen molar-refractivity contribution in [1.82, 2.24) is 24.1 Å². The van der Waals surface area contributed by atoms with Gasteiger partial charge < -0.3 is 9.13 Å². The second-order valence-corrected chi connectivity index (χ2v) is 12.1. The zero-order valence-electron chi connectivity index (χ0n) is 37.1. The van der Waals surface area contributed by atoms with E-state index in [1.807, 2.05) is 71.3 Å².